The number of nitrogens with one attached hydrogen (secondary N) is 1. The van der Waals surface area contributed by atoms with Gasteiger partial charge in [-0.05, 0) is 76.7 Å². The predicted octanol–water partition coefficient (Wildman–Crippen LogP) is 16.6. The molecule has 0 bridgehead atoms. The van der Waals surface area contributed by atoms with Gasteiger partial charge in [0.2, 0.25) is 5.91 Å². The summed E-state index contributed by atoms with van der Waals surface area (Å²) >= 11 is 0. The Labute approximate surface area is 437 Å². The monoisotopic (exact) mass is 1010 g/mol. The number of carbonyl (C=O) groups is 2. The molecule has 0 aromatic heterocycles. The highest BCUT2D eigenvalue weighted by atomic mass is 31.2. The Morgan fingerprint density at radius 2 is 0.915 bits per heavy atom. The van der Waals surface area contributed by atoms with E-state index in [-0.39, 0.29) is 24.9 Å². The zero-order valence-electron chi connectivity index (χ0n) is 46.4. The highest BCUT2D eigenvalue weighted by Crippen LogP contribution is 2.38. The minimum atomic E-state index is -4.71. The number of phosphoric acid groups is 1. The zero-order valence-corrected chi connectivity index (χ0v) is 47.3. The molecule has 0 saturated heterocycles. The standard InChI is InChI=1S/C61H107N2O7P/c1-7-10-13-16-19-22-25-28-30-32-34-36-39-42-45-48-51-54-61(65)70-59(52-49-46-43-40-37-27-24-21-18-15-12-9-3)58(57-69-71(66,67)68-56-55-63(4,5)6)62-60(64)53-50-47-44-41-38-35-33-31-29-26-23-20-17-14-11-8-2/h10,13,16,19,22,25,28,30-34,36,39,49,52,58-59H,7-9,11-12,14-15,17-18,20-21,23-24,26-27,29,35,37-38,40-48,50-51,53-57H2,1-6H3,(H-,62,64,66,67)/b13-10-,19-16+,25-22+,30-28-,33-31+,34-32+,39-36+,52-49+. The van der Waals surface area contributed by atoms with Crippen molar-refractivity contribution in [1.29, 1.82) is 0 Å². The highest BCUT2D eigenvalue weighted by molar-refractivity contribution is 7.45. The molecule has 9 nitrogen and oxygen atoms in total. The average Bonchev–Trinajstić information content (AvgIpc) is 3.33. The van der Waals surface area contributed by atoms with Crippen LogP contribution in [0, 0.1) is 0 Å². The van der Waals surface area contributed by atoms with Gasteiger partial charge >= 0.3 is 5.97 Å². The summed E-state index contributed by atoms with van der Waals surface area (Å²) in [5.74, 6) is -0.607. The molecule has 0 heterocycles. The van der Waals surface area contributed by atoms with Crippen LogP contribution in [0.3, 0.4) is 0 Å². The molecule has 1 amide bonds. The van der Waals surface area contributed by atoms with Crippen LogP contribution in [0.25, 0.3) is 0 Å². The largest absolute Gasteiger partial charge is 0.756 e. The van der Waals surface area contributed by atoms with E-state index in [9.17, 15) is 19.0 Å². The second kappa shape index (κ2) is 50.5. The summed E-state index contributed by atoms with van der Waals surface area (Å²) in [5.41, 5.74) is 0. The zero-order chi connectivity index (χ0) is 52.2. The number of hydrogen-bond acceptors (Lipinski definition) is 7. The lowest BCUT2D eigenvalue weighted by Crippen LogP contribution is -2.47. The second-order valence-electron chi connectivity index (χ2n) is 20.2. The molecule has 1 N–H and O–H groups in total. The van der Waals surface area contributed by atoms with Crippen molar-refractivity contribution in [3.05, 3.63) is 97.2 Å². The van der Waals surface area contributed by atoms with E-state index in [1.807, 2.05) is 94.1 Å². The van der Waals surface area contributed by atoms with E-state index >= 15 is 0 Å². The van der Waals surface area contributed by atoms with E-state index in [1.54, 1.807) is 0 Å². The predicted molar refractivity (Wildman–Crippen MR) is 302 cm³/mol. The molecule has 0 aliphatic heterocycles. The van der Waals surface area contributed by atoms with E-state index in [4.69, 9.17) is 13.8 Å². The van der Waals surface area contributed by atoms with Crippen LogP contribution in [-0.4, -0.2) is 69.4 Å². The molecular weight excluding hydrogens is 904 g/mol. The van der Waals surface area contributed by atoms with E-state index in [1.165, 1.54) is 103 Å². The molecule has 0 aliphatic rings. The quantitative estimate of drug-likeness (QED) is 0.0161. The van der Waals surface area contributed by atoms with Crippen molar-refractivity contribution in [2.75, 3.05) is 40.9 Å². The second-order valence-corrected chi connectivity index (χ2v) is 21.6. The molecule has 0 rings (SSSR count). The first kappa shape index (κ1) is 67.9. The molecule has 0 saturated carbocycles. The number of amides is 1. The minimum Gasteiger partial charge on any atom is -0.756 e. The molecule has 0 aromatic rings. The van der Waals surface area contributed by atoms with E-state index < -0.39 is 26.6 Å². The van der Waals surface area contributed by atoms with Gasteiger partial charge in [0.1, 0.15) is 19.3 Å². The molecule has 0 aromatic carbocycles. The fraction of sp³-hybridized carbons (Fsp3) is 0.705. The van der Waals surface area contributed by atoms with Crippen molar-refractivity contribution < 1.29 is 37.3 Å². The van der Waals surface area contributed by atoms with Crippen LogP contribution in [0.5, 0.6) is 0 Å². The first-order chi connectivity index (χ1) is 34.4. The average molecular weight is 1010 g/mol. The molecular formula is C61H107N2O7P. The third-order valence-corrected chi connectivity index (χ3v) is 13.1. The molecule has 408 valence electrons. The van der Waals surface area contributed by atoms with Gasteiger partial charge in [0.05, 0.1) is 33.8 Å². The van der Waals surface area contributed by atoms with Gasteiger partial charge in [-0.2, -0.15) is 0 Å². The van der Waals surface area contributed by atoms with Gasteiger partial charge in [-0.3, -0.25) is 14.2 Å². The smallest absolute Gasteiger partial charge is 0.306 e. The van der Waals surface area contributed by atoms with Crippen molar-refractivity contribution in [2.24, 2.45) is 0 Å². The Bertz CT molecular complexity index is 1540. The maximum absolute atomic E-state index is 13.5. The van der Waals surface area contributed by atoms with Crippen LogP contribution in [0.4, 0.5) is 0 Å². The van der Waals surface area contributed by atoms with Crippen molar-refractivity contribution in [1.82, 2.24) is 5.32 Å². The lowest BCUT2D eigenvalue weighted by Gasteiger charge is -2.30. The van der Waals surface area contributed by atoms with Gasteiger partial charge in [0.15, 0.2) is 0 Å². The van der Waals surface area contributed by atoms with E-state index in [0.717, 1.165) is 83.5 Å². The number of carbonyl (C=O) groups excluding carboxylic acids is 2. The summed E-state index contributed by atoms with van der Waals surface area (Å²) in [6, 6.07) is -0.915. The normalized spacial score (nSPS) is 14.5. The van der Waals surface area contributed by atoms with Crippen molar-refractivity contribution in [2.45, 2.75) is 238 Å². The Morgan fingerprint density at radius 1 is 0.507 bits per heavy atom. The van der Waals surface area contributed by atoms with Crippen LogP contribution in [0.15, 0.2) is 97.2 Å². The van der Waals surface area contributed by atoms with Crippen LogP contribution in [0.1, 0.15) is 226 Å². The number of hydrogen-bond donors (Lipinski definition) is 1. The van der Waals surface area contributed by atoms with Crippen LogP contribution >= 0.6 is 7.82 Å². The lowest BCUT2D eigenvalue weighted by molar-refractivity contribution is -0.870. The number of rotatable bonds is 50. The van der Waals surface area contributed by atoms with Crippen molar-refractivity contribution >= 4 is 19.7 Å². The summed E-state index contributed by atoms with van der Waals surface area (Å²) in [7, 11) is 1.14. The van der Waals surface area contributed by atoms with Gasteiger partial charge < -0.3 is 28.5 Å². The SMILES string of the molecule is CC\C=C/C=C/C=C/C=C\C=C\C=C\CCCCCC(=O)OC(/C=C/CCCCCCCCCCCC)C(COP(=O)([O-])OCC[N+](C)(C)C)NC(=O)CCCCCCC/C=C/CCCCCCCCC. The summed E-state index contributed by atoms with van der Waals surface area (Å²) in [4.78, 5) is 39.8. The van der Waals surface area contributed by atoms with Gasteiger partial charge in [-0.1, -0.05) is 234 Å². The fourth-order valence-electron chi connectivity index (χ4n) is 7.72. The molecule has 0 fully saturated rings. The summed E-state index contributed by atoms with van der Waals surface area (Å²) in [6.07, 6.45) is 66.5. The first-order valence-corrected chi connectivity index (χ1v) is 30.1. The van der Waals surface area contributed by atoms with Crippen molar-refractivity contribution in [3.8, 4) is 0 Å². The first-order valence-electron chi connectivity index (χ1n) is 28.6. The Hall–Kier alpha value is -3.07. The van der Waals surface area contributed by atoms with Crippen molar-refractivity contribution in [3.63, 3.8) is 0 Å². The molecule has 10 heteroatoms. The Morgan fingerprint density at radius 3 is 1.41 bits per heavy atom. The number of likely N-dealkylation sites (N-methyl/N-ethyl adjacent to an activating group) is 1. The van der Waals surface area contributed by atoms with Gasteiger partial charge in [-0.25, -0.2) is 0 Å². The third-order valence-electron chi connectivity index (χ3n) is 12.2. The van der Waals surface area contributed by atoms with Gasteiger partial charge in [-0.15, -0.1) is 0 Å². The highest BCUT2D eigenvalue weighted by Gasteiger charge is 2.27. The number of phosphoric ester groups is 1. The Balaban J connectivity index is 5.47. The summed E-state index contributed by atoms with van der Waals surface area (Å²) in [6.45, 7) is 6.64. The number of allylic oxidation sites excluding steroid dienone is 15. The van der Waals surface area contributed by atoms with Crippen LogP contribution < -0.4 is 10.2 Å². The Kier molecular flexibility index (Phi) is 48.3. The van der Waals surface area contributed by atoms with Crippen LogP contribution in [-0.2, 0) is 27.9 Å². The molecule has 3 unspecified atom stereocenters. The van der Waals surface area contributed by atoms with Gasteiger partial charge in [0, 0.05) is 12.8 Å². The number of quaternary nitrogens is 1. The van der Waals surface area contributed by atoms with E-state index in [2.05, 4.69) is 50.4 Å². The third kappa shape index (κ3) is 51.6. The topological polar surface area (TPSA) is 114 Å². The molecule has 0 spiro atoms. The number of ether oxygens (including phenoxy) is 1. The maximum atomic E-state index is 13.5. The fourth-order valence-corrected chi connectivity index (χ4v) is 8.45. The summed E-state index contributed by atoms with van der Waals surface area (Å²) < 4.78 is 30.2. The van der Waals surface area contributed by atoms with E-state index in [0.29, 0.717) is 23.9 Å². The molecule has 71 heavy (non-hydrogen) atoms. The molecule has 3 atom stereocenters. The van der Waals surface area contributed by atoms with Gasteiger partial charge in [0.25, 0.3) is 7.82 Å². The number of nitrogens with zero attached hydrogens (tertiary/aromatic N) is 1. The van der Waals surface area contributed by atoms with Crippen LogP contribution in [0.2, 0.25) is 0 Å². The lowest BCUT2D eigenvalue weighted by atomic mass is 10.0. The number of esters is 1. The minimum absolute atomic E-state index is 0.0361. The number of unbranched alkanes of at least 4 members (excludes halogenated alkanes) is 25. The molecule has 0 radical (unpaired) electrons. The maximum Gasteiger partial charge on any atom is 0.306 e. The molecule has 0 aliphatic carbocycles. The summed E-state index contributed by atoms with van der Waals surface area (Å²) in [5, 5.41) is 3.00.